The van der Waals surface area contributed by atoms with Gasteiger partial charge in [-0.05, 0) is 27.7 Å². The molecule has 0 aliphatic heterocycles. The number of carbonyl (C=O) groups is 1. The molecule has 0 unspecified atom stereocenters. The van der Waals surface area contributed by atoms with Gasteiger partial charge in [0, 0.05) is 0 Å². The van der Waals surface area contributed by atoms with Gasteiger partial charge in [0.1, 0.15) is 0 Å². The molecule has 0 atom stereocenters. The average molecular weight is 177 g/mol. The first kappa shape index (κ1) is 11.4. The summed E-state index contributed by atoms with van der Waals surface area (Å²) in [6, 6.07) is 0. The third-order valence-electron chi connectivity index (χ3n) is 1.39. The van der Waals surface area contributed by atoms with Crippen molar-refractivity contribution in [1.82, 2.24) is 5.32 Å². The van der Waals surface area contributed by atoms with Crippen LogP contribution in [0, 0.1) is 0 Å². The third-order valence-corrected chi connectivity index (χ3v) is 1.39. The van der Waals surface area contributed by atoms with Crippen molar-refractivity contribution in [3.63, 3.8) is 0 Å². The summed E-state index contributed by atoms with van der Waals surface area (Å²) >= 11 is 0. The summed E-state index contributed by atoms with van der Waals surface area (Å²) in [5.74, 6) is -0.707. The lowest BCUT2D eigenvalue weighted by Crippen LogP contribution is -2.52. The molecule has 0 saturated heterocycles. The largest absolute Gasteiger partial charge is 0.394 e. The lowest BCUT2D eigenvalue weighted by Gasteiger charge is -2.26. The van der Waals surface area contributed by atoms with E-state index in [0.717, 1.165) is 0 Å². The minimum atomic E-state index is -1.90. The Hall–Kier alpha value is -0.640. The molecule has 0 radical (unpaired) electrons. The summed E-state index contributed by atoms with van der Waals surface area (Å²) in [4.78, 5) is 11.0. The molecular formula is C8H16FNO2. The number of alkyl halides is 1. The molecule has 0 rings (SSSR count). The Kier molecular flexibility index (Phi) is 3.21. The Balaban J connectivity index is 4.20. The van der Waals surface area contributed by atoms with Crippen molar-refractivity contribution in [3.8, 4) is 0 Å². The number of amides is 1. The molecule has 0 aromatic heterocycles. The van der Waals surface area contributed by atoms with E-state index in [2.05, 4.69) is 5.32 Å². The summed E-state index contributed by atoms with van der Waals surface area (Å²) in [7, 11) is 0. The zero-order chi connectivity index (χ0) is 9.99. The smallest absolute Gasteiger partial charge is 0.257 e. The SMILES string of the molecule is CC(C)(CO)NC(=O)C(C)(C)F. The minimum Gasteiger partial charge on any atom is -0.394 e. The lowest BCUT2D eigenvalue weighted by molar-refractivity contribution is -0.133. The summed E-state index contributed by atoms with van der Waals surface area (Å²) in [5.41, 5.74) is -2.66. The first-order valence-electron chi connectivity index (χ1n) is 3.81. The van der Waals surface area contributed by atoms with Crippen molar-refractivity contribution in [1.29, 1.82) is 0 Å². The van der Waals surface area contributed by atoms with Crippen molar-refractivity contribution in [2.45, 2.75) is 38.9 Å². The number of hydrogen-bond acceptors (Lipinski definition) is 2. The molecule has 12 heavy (non-hydrogen) atoms. The van der Waals surface area contributed by atoms with Crippen LogP contribution in [0.3, 0.4) is 0 Å². The number of aliphatic hydroxyl groups is 1. The maximum Gasteiger partial charge on any atom is 0.257 e. The fourth-order valence-corrected chi connectivity index (χ4v) is 0.495. The highest BCUT2D eigenvalue weighted by atomic mass is 19.1. The molecule has 1 amide bonds. The number of halogens is 1. The van der Waals surface area contributed by atoms with E-state index in [1.807, 2.05) is 0 Å². The summed E-state index contributed by atoms with van der Waals surface area (Å²) < 4.78 is 13.0. The van der Waals surface area contributed by atoms with Crippen molar-refractivity contribution < 1.29 is 14.3 Å². The van der Waals surface area contributed by atoms with Gasteiger partial charge in [0.05, 0.1) is 12.1 Å². The summed E-state index contributed by atoms with van der Waals surface area (Å²) in [5, 5.41) is 11.2. The van der Waals surface area contributed by atoms with E-state index in [9.17, 15) is 9.18 Å². The number of nitrogens with one attached hydrogen (secondary N) is 1. The fraction of sp³-hybridized carbons (Fsp3) is 0.875. The molecule has 0 spiro atoms. The van der Waals surface area contributed by atoms with E-state index in [1.54, 1.807) is 13.8 Å². The van der Waals surface area contributed by atoms with Gasteiger partial charge in [-0.15, -0.1) is 0 Å². The second kappa shape index (κ2) is 3.39. The summed E-state index contributed by atoms with van der Waals surface area (Å²) in [6.45, 7) is 5.38. The van der Waals surface area contributed by atoms with Gasteiger partial charge in [-0.25, -0.2) is 4.39 Å². The Morgan fingerprint density at radius 1 is 1.42 bits per heavy atom. The van der Waals surface area contributed by atoms with Gasteiger partial charge < -0.3 is 10.4 Å². The first-order chi connectivity index (χ1) is 5.19. The standard InChI is InChI=1S/C8H16FNO2/c1-7(2,5-11)10-6(12)8(3,4)9/h11H,5H2,1-4H3,(H,10,12). The van der Waals surface area contributed by atoms with Crippen LogP contribution in [0.5, 0.6) is 0 Å². The molecule has 0 fully saturated rings. The van der Waals surface area contributed by atoms with Gasteiger partial charge >= 0.3 is 0 Å². The van der Waals surface area contributed by atoms with E-state index >= 15 is 0 Å². The van der Waals surface area contributed by atoms with Crippen LogP contribution in [-0.4, -0.2) is 28.8 Å². The minimum absolute atomic E-state index is 0.213. The van der Waals surface area contributed by atoms with E-state index in [-0.39, 0.29) is 6.61 Å². The first-order valence-corrected chi connectivity index (χ1v) is 3.81. The molecule has 0 saturated carbocycles. The molecule has 0 aromatic rings. The van der Waals surface area contributed by atoms with Gasteiger partial charge in [-0.3, -0.25) is 4.79 Å². The van der Waals surface area contributed by atoms with E-state index in [4.69, 9.17) is 5.11 Å². The molecule has 4 heteroatoms. The second-order valence-electron chi connectivity index (χ2n) is 3.97. The van der Waals surface area contributed by atoms with Gasteiger partial charge in [-0.2, -0.15) is 0 Å². The lowest BCUT2D eigenvalue weighted by atomic mass is 10.0. The Morgan fingerprint density at radius 3 is 2.08 bits per heavy atom. The van der Waals surface area contributed by atoms with Gasteiger partial charge in [0.2, 0.25) is 0 Å². The van der Waals surface area contributed by atoms with Crippen LogP contribution < -0.4 is 5.32 Å². The number of carbonyl (C=O) groups excluding carboxylic acids is 1. The number of rotatable bonds is 3. The maximum atomic E-state index is 13.0. The second-order valence-corrected chi connectivity index (χ2v) is 3.97. The highest BCUT2D eigenvalue weighted by Gasteiger charge is 2.30. The highest BCUT2D eigenvalue weighted by molar-refractivity contribution is 5.84. The molecule has 3 nitrogen and oxygen atoms in total. The molecule has 0 aliphatic carbocycles. The molecule has 0 bridgehead atoms. The highest BCUT2D eigenvalue weighted by Crippen LogP contribution is 2.10. The van der Waals surface area contributed by atoms with Crippen LogP contribution in [0.4, 0.5) is 4.39 Å². The predicted octanol–water partition coefficient (Wildman–Crippen LogP) is 0.622. The molecule has 0 aromatic carbocycles. The van der Waals surface area contributed by atoms with Gasteiger partial charge in [0.25, 0.3) is 5.91 Å². The molecule has 0 aliphatic rings. The van der Waals surface area contributed by atoms with E-state index in [0.29, 0.717) is 0 Å². The predicted molar refractivity (Wildman–Crippen MR) is 44.5 cm³/mol. The third kappa shape index (κ3) is 3.67. The van der Waals surface area contributed by atoms with Crippen molar-refractivity contribution in [2.24, 2.45) is 0 Å². The van der Waals surface area contributed by atoms with Crippen LogP contribution in [0.25, 0.3) is 0 Å². The molecule has 0 heterocycles. The number of aliphatic hydroxyl groups excluding tert-OH is 1. The zero-order valence-electron chi connectivity index (χ0n) is 7.94. The summed E-state index contributed by atoms with van der Waals surface area (Å²) in [6.07, 6.45) is 0. The van der Waals surface area contributed by atoms with Crippen LogP contribution in [0.1, 0.15) is 27.7 Å². The van der Waals surface area contributed by atoms with Gasteiger partial charge in [-0.1, -0.05) is 0 Å². The zero-order valence-corrected chi connectivity index (χ0v) is 7.94. The Labute approximate surface area is 72.0 Å². The quantitative estimate of drug-likeness (QED) is 0.664. The van der Waals surface area contributed by atoms with E-state index < -0.39 is 17.1 Å². The van der Waals surface area contributed by atoms with Crippen LogP contribution in [0.2, 0.25) is 0 Å². The van der Waals surface area contributed by atoms with Crippen molar-refractivity contribution in [2.75, 3.05) is 6.61 Å². The number of hydrogen-bond donors (Lipinski definition) is 2. The Morgan fingerprint density at radius 2 is 1.83 bits per heavy atom. The Bertz CT molecular complexity index is 172. The van der Waals surface area contributed by atoms with Crippen molar-refractivity contribution in [3.05, 3.63) is 0 Å². The molecule has 2 N–H and O–H groups in total. The van der Waals surface area contributed by atoms with E-state index in [1.165, 1.54) is 13.8 Å². The van der Waals surface area contributed by atoms with Crippen LogP contribution >= 0.6 is 0 Å². The molecule has 72 valence electrons. The molecular weight excluding hydrogens is 161 g/mol. The van der Waals surface area contributed by atoms with Crippen LogP contribution in [-0.2, 0) is 4.79 Å². The maximum absolute atomic E-state index is 13.0. The van der Waals surface area contributed by atoms with Gasteiger partial charge in [0.15, 0.2) is 5.67 Å². The fourth-order valence-electron chi connectivity index (χ4n) is 0.495. The average Bonchev–Trinajstić information content (AvgIpc) is 1.85. The van der Waals surface area contributed by atoms with Crippen molar-refractivity contribution >= 4 is 5.91 Å². The normalized spacial score (nSPS) is 12.8. The van der Waals surface area contributed by atoms with Crippen LogP contribution in [0.15, 0.2) is 0 Å². The topological polar surface area (TPSA) is 49.3 Å². The monoisotopic (exact) mass is 177 g/mol.